The highest BCUT2D eigenvalue weighted by molar-refractivity contribution is 5.95. The summed E-state index contributed by atoms with van der Waals surface area (Å²) in [6.07, 6.45) is 1.78. The Hall–Kier alpha value is -3.69. The van der Waals surface area contributed by atoms with Crippen LogP contribution in [0.5, 0.6) is 11.5 Å². The highest BCUT2D eigenvalue weighted by atomic mass is 16.5. The average molecular weight is 461 g/mol. The lowest BCUT2D eigenvalue weighted by Crippen LogP contribution is -2.39. The lowest BCUT2D eigenvalue weighted by molar-refractivity contribution is 0.0398. The molecule has 2 N–H and O–H groups in total. The number of nitrogens with one attached hydrogen (secondary N) is 2. The van der Waals surface area contributed by atoms with Crippen LogP contribution >= 0.6 is 0 Å². The van der Waals surface area contributed by atoms with E-state index in [9.17, 15) is 0 Å². The van der Waals surface area contributed by atoms with E-state index in [1.165, 1.54) is 0 Å². The minimum absolute atomic E-state index is 0.456. The largest absolute Gasteiger partial charge is 0.493 e. The van der Waals surface area contributed by atoms with Crippen molar-refractivity contribution in [3.05, 3.63) is 48.7 Å². The van der Waals surface area contributed by atoms with Gasteiger partial charge in [-0.25, -0.2) is 9.97 Å². The molecule has 0 amide bonds. The molecule has 0 radical (unpaired) electrons. The van der Waals surface area contributed by atoms with Gasteiger partial charge in [0, 0.05) is 49.2 Å². The van der Waals surface area contributed by atoms with Crippen LogP contribution in [0.15, 0.2) is 48.7 Å². The Morgan fingerprint density at radius 3 is 2.56 bits per heavy atom. The number of fused-ring (bicyclic) bond motifs is 2. The van der Waals surface area contributed by atoms with E-state index in [0.29, 0.717) is 23.3 Å². The van der Waals surface area contributed by atoms with Gasteiger partial charge in [0.1, 0.15) is 11.6 Å². The smallest absolute Gasteiger partial charge is 0.230 e. The third-order valence-electron chi connectivity index (χ3n) is 5.93. The van der Waals surface area contributed by atoms with E-state index >= 15 is 0 Å². The molecule has 1 aliphatic heterocycles. The van der Waals surface area contributed by atoms with Crippen LogP contribution in [0, 0.1) is 0 Å². The van der Waals surface area contributed by atoms with Crippen LogP contribution in [0.4, 0.5) is 17.6 Å². The second kappa shape index (κ2) is 10.1. The van der Waals surface area contributed by atoms with Crippen molar-refractivity contribution in [2.45, 2.75) is 0 Å². The van der Waals surface area contributed by atoms with Crippen LogP contribution in [0.2, 0.25) is 0 Å². The van der Waals surface area contributed by atoms with Crippen LogP contribution in [0.25, 0.3) is 21.7 Å². The Balaban J connectivity index is 1.49. The van der Waals surface area contributed by atoms with Gasteiger partial charge in [0.25, 0.3) is 0 Å². The average Bonchev–Trinajstić information content (AvgIpc) is 2.88. The van der Waals surface area contributed by atoms with Crippen LogP contribution in [0.3, 0.4) is 0 Å². The maximum atomic E-state index is 5.52. The molecule has 3 heterocycles. The number of pyridine rings is 1. The summed E-state index contributed by atoms with van der Waals surface area (Å²) in [5, 5.41) is 9.76. The van der Waals surface area contributed by atoms with Gasteiger partial charge in [0.2, 0.25) is 5.95 Å². The summed E-state index contributed by atoms with van der Waals surface area (Å²) in [6, 6.07) is 13.8. The molecule has 1 aliphatic rings. The Labute approximate surface area is 198 Å². The van der Waals surface area contributed by atoms with Crippen molar-refractivity contribution in [1.82, 2.24) is 19.9 Å². The first-order chi connectivity index (χ1) is 16.7. The molecule has 0 spiro atoms. The fourth-order valence-corrected chi connectivity index (χ4v) is 4.13. The maximum absolute atomic E-state index is 5.52. The minimum atomic E-state index is 0.456. The summed E-state index contributed by atoms with van der Waals surface area (Å²) < 4.78 is 16.5. The normalized spacial score (nSPS) is 14.3. The Morgan fingerprint density at radius 2 is 1.74 bits per heavy atom. The number of benzene rings is 2. The van der Waals surface area contributed by atoms with E-state index in [0.717, 1.165) is 66.9 Å². The van der Waals surface area contributed by atoms with Gasteiger partial charge in [0.15, 0.2) is 11.5 Å². The molecule has 5 rings (SSSR count). The Kier molecular flexibility index (Phi) is 6.55. The Morgan fingerprint density at radius 1 is 0.941 bits per heavy atom. The predicted molar refractivity (Wildman–Crippen MR) is 133 cm³/mol. The fourth-order valence-electron chi connectivity index (χ4n) is 4.13. The number of morpholine rings is 1. The van der Waals surface area contributed by atoms with E-state index in [4.69, 9.17) is 24.2 Å². The molecule has 1 saturated heterocycles. The molecule has 0 saturated carbocycles. The van der Waals surface area contributed by atoms with E-state index < -0.39 is 0 Å². The molecular weight excluding hydrogens is 432 g/mol. The molecule has 1 fully saturated rings. The van der Waals surface area contributed by atoms with Crippen LogP contribution in [0.1, 0.15) is 0 Å². The highest BCUT2D eigenvalue weighted by Gasteiger charge is 2.15. The number of rotatable bonds is 8. The van der Waals surface area contributed by atoms with Gasteiger partial charge < -0.3 is 24.8 Å². The van der Waals surface area contributed by atoms with E-state index in [-0.39, 0.29) is 0 Å². The molecule has 0 bridgehead atoms. The van der Waals surface area contributed by atoms with Gasteiger partial charge in [-0.2, -0.15) is 4.98 Å². The maximum Gasteiger partial charge on any atom is 0.230 e. The third-order valence-corrected chi connectivity index (χ3v) is 5.93. The van der Waals surface area contributed by atoms with Gasteiger partial charge in [-0.05, 0) is 17.5 Å². The zero-order chi connectivity index (χ0) is 23.3. The summed E-state index contributed by atoms with van der Waals surface area (Å²) in [5.41, 5.74) is 0.740. The first kappa shape index (κ1) is 22.1. The summed E-state index contributed by atoms with van der Waals surface area (Å²) in [4.78, 5) is 16.5. The topological polar surface area (TPSA) is 93.7 Å². The van der Waals surface area contributed by atoms with E-state index in [1.807, 2.05) is 36.4 Å². The minimum Gasteiger partial charge on any atom is -0.493 e. The predicted octanol–water partition coefficient (Wildman–Crippen LogP) is 3.68. The molecule has 0 aliphatic carbocycles. The second-order valence-electron chi connectivity index (χ2n) is 8.01. The lowest BCUT2D eigenvalue weighted by Gasteiger charge is -2.26. The van der Waals surface area contributed by atoms with E-state index in [2.05, 4.69) is 26.6 Å². The van der Waals surface area contributed by atoms with Gasteiger partial charge in [-0.15, -0.1) is 0 Å². The summed E-state index contributed by atoms with van der Waals surface area (Å²) in [6.45, 7) is 5.08. The summed E-state index contributed by atoms with van der Waals surface area (Å²) >= 11 is 0. The zero-order valence-corrected chi connectivity index (χ0v) is 19.4. The molecule has 4 aromatic rings. The fraction of sp³-hybridized carbons (Fsp3) is 0.320. The molecule has 2 aromatic heterocycles. The van der Waals surface area contributed by atoms with Crippen molar-refractivity contribution >= 4 is 39.3 Å². The number of hydrogen-bond donors (Lipinski definition) is 2. The molecule has 0 atom stereocenters. The molecule has 34 heavy (non-hydrogen) atoms. The number of ether oxygens (including phenoxy) is 3. The van der Waals surface area contributed by atoms with Crippen LogP contribution in [-0.4, -0.2) is 73.5 Å². The van der Waals surface area contributed by atoms with Crippen molar-refractivity contribution in [3.8, 4) is 11.5 Å². The second-order valence-corrected chi connectivity index (χ2v) is 8.01. The number of aromatic nitrogens is 3. The van der Waals surface area contributed by atoms with Crippen molar-refractivity contribution in [2.75, 3.05) is 64.2 Å². The monoisotopic (exact) mass is 460 g/mol. The lowest BCUT2D eigenvalue weighted by atomic mass is 10.1. The number of anilines is 3. The SMILES string of the molecule is COc1cc2nc(Nc3nccc4ccccc34)nc(NCCN3CCOCC3)c2cc1OC. The van der Waals surface area contributed by atoms with Gasteiger partial charge in [-0.3, -0.25) is 4.90 Å². The summed E-state index contributed by atoms with van der Waals surface area (Å²) in [7, 11) is 3.24. The molecule has 0 unspecified atom stereocenters. The van der Waals surface area contributed by atoms with Crippen molar-refractivity contribution in [1.29, 1.82) is 0 Å². The van der Waals surface area contributed by atoms with Crippen molar-refractivity contribution in [3.63, 3.8) is 0 Å². The zero-order valence-electron chi connectivity index (χ0n) is 19.4. The van der Waals surface area contributed by atoms with Crippen molar-refractivity contribution < 1.29 is 14.2 Å². The molecule has 2 aromatic carbocycles. The van der Waals surface area contributed by atoms with Gasteiger partial charge in [-0.1, -0.05) is 24.3 Å². The van der Waals surface area contributed by atoms with Crippen molar-refractivity contribution in [2.24, 2.45) is 0 Å². The molecule has 9 nitrogen and oxygen atoms in total. The molecule has 176 valence electrons. The van der Waals surface area contributed by atoms with Crippen LogP contribution < -0.4 is 20.1 Å². The summed E-state index contributed by atoms with van der Waals surface area (Å²) in [5.74, 6) is 3.13. The third kappa shape index (κ3) is 4.66. The quantitative estimate of drug-likeness (QED) is 0.408. The molecule has 9 heteroatoms. The highest BCUT2D eigenvalue weighted by Crippen LogP contribution is 2.35. The van der Waals surface area contributed by atoms with Crippen LogP contribution in [-0.2, 0) is 4.74 Å². The number of nitrogens with zero attached hydrogens (tertiary/aromatic N) is 4. The molecular formula is C25H28N6O3. The number of methoxy groups -OCH3 is 2. The van der Waals surface area contributed by atoms with E-state index in [1.54, 1.807) is 20.4 Å². The van der Waals surface area contributed by atoms with Gasteiger partial charge >= 0.3 is 0 Å². The standard InChI is InChI=1S/C25H28N6O3/c1-32-21-15-19-20(16-22(21)33-2)28-25(29-23-18-6-4-3-5-17(18)7-8-26-23)30-24(19)27-9-10-31-11-13-34-14-12-31/h3-8,15-16H,9-14H2,1-2H3,(H2,26,27,28,29,30). The first-order valence-corrected chi connectivity index (χ1v) is 11.3. The number of hydrogen-bond acceptors (Lipinski definition) is 9. The van der Waals surface area contributed by atoms with Gasteiger partial charge in [0.05, 0.1) is 33.0 Å². The Bertz CT molecular complexity index is 1290. The first-order valence-electron chi connectivity index (χ1n) is 11.3.